The van der Waals surface area contributed by atoms with E-state index in [1.54, 1.807) is 13.8 Å². The second-order valence-corrected chi connectivity index (χ2v) is 6.25. The van der Waals surface area contributed by atoms with E-state index in [1.807, 2.05) is 12.1 Å². The molecule has 3 aromatic rings. The van der Waals surface area contributed by atoms with Crippen LogP contribution >= 0.6 is 0 Å². The van der Waals surface area contributed by atoms with Gasteiger partial charge in [-0.05, 0) is 31.9 Å². The summed E-state index contributed by atoms with van der Waals surface area (Å²) in [4.78, 5) is 34.1. The van der Waals surface area contributed by atoms with E-state index in [0.29, 0.717) is 18.1 Å². The average molecular weight is 353 g/mol. The summed E-state index contributed by atoms with van der Waals surface area (Å²) < 4.78 is 10.6. The van der Waals surface area contributed by atoms with Crippen molar-refractivity contribution in [3.8, 4) is 0 Å². The first-order valence-electron chi connectivity index (χ1n) is 8.60. The molecule has 0 fully saturated rings. The summed E-state index contributed by atoms with van der Waals surface area (Å²) in [5.41, 5.74) is 2.36. The predicted molar refractivity (Wildman–Crippen MR) is 96.5 cm³/mol. The highest BCUT2D eigenvalue weighted by Crippen LogP contribution is 2.28. The van der Waals surface area contributed by atoms with E-state index in [4.69, 9.17) is 9.15 Å². The highest BCUT2D eigenvalue weighted by atomic mass is 16.5. The molecule has 1 aliphatic rings. The Morgan fingerprint density at radius 1 is 1.38 bits per heavy atom. The number of hydrogen-bond acceptors (Lipinski definition) is 6. The lowest BCUT2D eigenvalue weighted by molar-refractivity contribution is 0.0526. The number of carbonyl (C=O) groups excluding carboxylic acids is 1. The van der Waals surface area contributed by atoms with Gasteiger partial charge in [-0.25, -0.2) is 4.79 Å². The number of esters is 1. The summed E-state index contributed by atoms with van der Waals surface area (Å²) >= 11 is 0. The Morgan fingerprint density at radius 2 is 2.19 bits per heavy atom. The lowest BCUT2D eigenvalue weighted by Crippen LogP contribution is -2.24. The van der Waals surface area contributed by atoms with Crippen LogP contribution in [0.1, 0.15) is 34.4 Å². The Labute approximate surface area is 149 Å². The zero-order valence-corrected chi connectivity index (χ0v) is 14.7. The van der Waals surface area contributed by atoms with Gasteiger partial charge in [0.05, 0.1) is 13.2 Å². The van der Waals surface area contributed by atoms with Gasteiger partial charge in [0.15, 0.2) is 0 Å². The van der Waals surface area contributed by atoms with E-state index in [-0.39, 0.29) is 23.3 Å². The highest BCUT2D eigenvalue weighted by Gasteiger charge is 2.25. The van der Waals surface area contributed by atoms with Crippen LogP contribution in [0, 0.1) is 6.92 Å². The summed E-state index contributed by atoms with van der Waals surface area (Å²) in [6, 6.07) is 8.19. The van der Waals surface area contributed by atoms with E-state index in [9.17, 15) is 9.59 Å². The Morgan fingerprint density at radius 3 is 3.00 bits per heavy atom. The molecule has 0 spiro atoms. The van der Waals surface area contributed by atoms with Gasteiger partial charge < -0.3 is 19.0 Å². The van der Waals surface area contributed by atoms with E-state index in [1.165, 1.54) is 5.56 Å². The monoisotopic (exact) mass is 353 g/mol. The van der Waals surface area contributed by atoms with Crippen LogP contribution < -0.4 is 10.5 Å². The van der Waals surface area contributed by atoms with Crippen LogP contribution in [0.3, 0.4) is 0 Å². The third-order valence-electron chi connectivity index (χ3n) is 4.59. The minimum atomic E-state index is -0.572. The van der Waals surface area contributed by atoms with Crippen LogP contribution in [-0.2, 0) is 17.7 Å². The predicted octanol–water partition coefficient (Wildman–Crippen LogP) is 2.56. The number of benzene rings is 1. The van der Waals surface area contributed by atoms with E-state index in [0.717, 1.165) is 18.7 Å². The number of nitrogens with one attached hydrogen (secondary N) is 1. The van der Waals surface area contributed by atoms with Gasteiger partial charge in [-0.3, -0.25) is 4.79 Å². The Bertz CT molecular complexity index is 1050. The second kappa shape index (κ2) is 6.33. The van der Waals surface area contributed by atoms with Gasteiger partial charge in [-0.2, -0.15) is 4.98 Å². The normalized spacial score (nSPS) is 13.2. The molecule has 0 saturated heterocycles. The van der Waals surface area contributed by atoms with Crippen LogP contribution in [-0.4, -0.2) is 29.1 Å². The molecule has 26 heavy (non-hydrogen) atoms. The topological polar surface area (TPSA) is 88.4 Å². The molecule has 0 saturated carbocycles. The fourth-order valence-corrected chi connectivity index (χ4v) is 3.44. The van der Waals surface area contributed by atoms with Crippen molar-refractivity contribution in [2.45, 2.75) is 26.8 Å². The standard InChI is InChI=1S/C19H19N3O4/c1-3-25-19(24)15-11(2)26-18-16(15)17(23)20-14(21-18)10-22-9-8-12-6-4-5-7-13(12)22/h4-7H,3,8-10H2,1-2H3,(H,20,21,23). The van der Waals surface area contributed by atoms with Crippen molar-refractivity contribution >= 4 is 22.8 Å². The number of fused-ring (bicyclic) bond motifs is 2. The van der Waals surface area contributed by atoms with Gasteiger partial charge in [0.25, 0.3) is 5.56 Å². The van der Waals surface area contributed by atoms with E-state index < -0.39 is 11.5 Å². The van der Waals surface area contributed by atoms with Crippen molar-refractivity contribution in [1.29, 1.82) is 0 Å². The van der Waals surface area contributed by atoms with Gasteiger partial charge in [0.1, 0.15) is 22.5 Å². The molecule has 0 radical (unpaired) electrons. The van der Waals surface area contributed by atoms with Crippen LogP contribution in [0.15, 0.2) is 33.5 Å². The minimum Gasteiger partial charge on any atom is -0.462 e. The molecule has 0 amide bonds. The zero-order valence-electron chi connectivity index (χ0n) is 14.7. The molecule has 0 bridgehead atoms. The fourth-order valence-electron chi connectivity index (χ4n) is 3.44. The highest BCUT2D eigenvalue weighted by molar-refractivity contribution is 6.03. The number of aryl methyl sites for hydroxylation is 1. The number of furan rings is 1. The first kappa shape index (κ1) is 16.4. The molecule has 1 N–H and O–H groups in total. The molecule has 3 heterocycles. The number of H-pyrrole nitrogens is 1. The summed E-state index contributed by atoms with van der Waals surface area (Å²) in [5.74, 6) is 0.265. The molecule has 7 heteroatoms. The molecular formula is C19H19N3O4. The number of para-hydroxylation sites is 1. The molecule has 7 nitrogen and oxygen atoms in total. The maximum atomic E-state index is 12.6. The molecule has 0 unspecified atom stereocenters. The van der Waals surface area contributed by atoms with Crippen molar-refractivity contribution in [2.75, 3.05) is 18.1 Å². The SMILES string of the molecule is CCOC(=O)c1c(C)oc2nc(CN3CCc4ccccc43)[nH]c(=O)c12. The maximum Gasteiger partial charge on any atom is 0.342 e. The minimum absolute atomic E-state index is 0.145. The zero-order chi connectivity index (χ0) is 18.3. The fraction of sp³-hybridized carbons (Fsp3) is 0.316. The number of carbonyl (C=O) groups is 1. The van der Waals surface area contributed by atoms with Gasteiger partial charge >= 0.3 is 5.97 Å². The number of hydrogen-bond donors (Lipinski definition) is 1. The van der Waals surface area contributed by atoms with Crippen molar-refractivity contribution in [3.63, 3.8) is 0 Å². The molecule has 2 aromatic heterocycles. The quantitative estimate of drug-likeness (QED) is 0.725. The number of anilines is 1. The molecule has 134 valence electrons. The lowest BCUT2D eigenvalue weighted by atomic mass is 10.2. The maximum absolute atomic E-state index is 12.6. The molecule has 0 aliphatic carbocycles. The van der Waals surface area contributed by atoms with Crippen LogP contribution in [0.4, 0.5) is 5.69 Å². The van der Waals surface area contributed by atoms with Crippen molar-refractivity contribution in [3.05, 3.63) is 57.3 Å². The summed E-state index contributed by atoms with van der Waals surface area (Å²) in [7, 11) is 0. The van der Waals surface area contributed by atoms with E-state index in [2.05, 4.69) is 27.0 Å². The Balaban J connectivity index is 1.71. The molecule has 1 aromatic carbocycles. The van der Waals surface area contributed by atoms with Gasteiger partial charge in [-0.1, -0.05) is 18.2 Å². The first-order valence-corrected chi connectivity index (χ1v) is 8.60. The first-order chi connectivity index (χ1) is 12.6. The third-order valence-corrected chi connectivity index (χ3v) is 4.59. The summed E-state index contributed by atoms with van der Waals surface area (Å²) in [6.45, 7) is 4.90. The Kier molecular flexibility index (Phi) is 3.99. The molecular weight excluding hydrogens is 334 g/mol. The van der Waals surface area contributed by atoms with Gasteiger partial charge in [0, 0.05) is 12.2 Å². The van der Waals surface area contributed by atoms with Crippen LogP contribution in [0.25, 0.3) is 11.1 Å². The number of aromatic nitrogens is 2. The number of nitrogens with zero attached hydrogens (tertiary/aromatic N) is 2. The number of rotatable bonds is 4. The number of ether oxygens (including phenoxy) is 1. The molecule has 4 rings (SSSR count). The van der Waals surface area contributed by atoms with Crippen molar-refractivity contribution in [2.24, 2.45) is 0 Å². The molecule has 0 atom stereocenters. The van der Waals surface area contributed by atoms with Crippen molar-refractivity contribution < 1.29 is 13.9 Å². The third kappa shape index (κ3) is 2.65. The largest absolute Gasteiger partial charge is 0.462 e. The summed E-state index contributed by atoms with van der Waals surface area (Å²) in [6.07, 6.45) is 0.968. The van der Waals surface area contributed by atoms with Gasteiger partial charge in [0.2, 0.25) is 5.71 Å². The van der Waals surface area contributed by atoms with Crippen LogP contribution in [0.2, 0.25) is 0 Å². The van der Waals surface area contributed by atoms with Crippen LogP contribution in [0.5, 0.6) is 0 Å². The number of aromatic amines is 1. The van der Waals surface area contributed by atoms with Gasteiger partial charge in [-0.15, -0.1) is 0 Å². The van der Waals surface area contributed by atoms with E-state index >= 15 is 0 Å². The smallest absolute Gasteiger partial charge is 0.342 e. The lowest BCUT2D eigenvalue weighted by Gasteiger charge is -2.18. The molecule has 1 aliphatic heterocycles. The Hall–Kier alpha value is -3.09. The second-order valence-electron chi connectivity index (χ2n) is 6.25. The summed E-state index contributed by atoms with van der Waals surface area (Å²) in [5, 5.41) is 0.145. The average Bonchev–Trinajstić information content (AvgIpc) is 3.16. The van der Waals surface area contributed by atoms with Crippen molar-refractivity contribution in [1.82, 2.24) is 9.97 Å².